The number of anilines is 1. The van der Waals surface area contributed by atoms with Crippen molar-refractivity contribution in [3.8, 4) is 0 Å². The molecule has 0 saturated heterocycles. The number of nitrogens with zero attached hydrogens (tertiary/aromatic N) is 1. The molecule has 7 heteroatoms. The number of carbonyl (C=O) groups is 2. The highest BCUT2D eigenvalue weighted by atomic mass is 35.5. The first kappa shape index (κ1) is 17.6. The molecule has 0 heterocycles. The summed E-state index contributed by atoms with van der Waals surface area (Å²) in [6.45, 7) is 6.60. The molecule has 0 aromatic heterocycles. The lowest BCUT2D eigenvalue weighted by Crippen LogP contribution is -2.50. The highest BCUT2D eigenvalue weighted by Crippen LogP contribution is 2.33. The Labute approximate surface area is 133 Å². The van der Waals surface area contributed by atoms with Gasteiger partial charge in [0.15, 0.2) is 0 Å². The van der Waals surface area contributed by atoms with E-state index in [0.717, 1.165) is 5.56 Å². The normalized spacial score (nSPS) is 11.1. The summed E-state index contributed by atoms with van der Waals surface area (Å²) in [6, 6.07) is 2.79. The molecule has 0 spiro atoms. The number of aliphatic carboxylic acids is 1. The Morgan fingerprint density at radius 1 is 1.29 bits per heavy atom. The maximum absolute atomic E-state index is 12.3. The summed E-state index contributed by atoms with van der Waals surface area (Å²) in [5.74, 6) is -1.10. The Hall–Kier alpha value is -1.46. The van der Waals surface area contributed by atoms with Crippen molar-refractivity contribution in [2.45, 2.75) is 33.2 Å². The van der Waals surface area contributed by atoms with Gasteiger partial charge in [0, 0.05) is 5.54 Å². The molecule has 0 aliphatic carbocycles. The lowest BCUT2D eigenvalue weighted by atomic mass is 10.1. The van der Waals surface area contributed by atoms with Gasteiger partial charge < -0.3 is 15.3 Å². The molecule has 0 radical (unpaired) electrons. The summed E-state index contributed by atoms with van der Waals surface area (Å²) < 4.78 is 0. The standard InChI is InChI=1S/C14H18Cl2N2O3/c1-8-5-6-9(15)12(11(8)16)17-13(21)18(7-10(19)20)14(2,3)4/h5-6H,7H2,1-4H3,(H,17,21)(H,19,20). The molecule has 5 nitrogen and oxygen atoms in total. The van der Waals surface area contributed by atoms with Crippen molar-refractivity contribution >= 4 is 40.9 Å². The van der Waals surface area contributed by atoms with Crippen LogP contribution in [0, 0.1) is 6.92 Å². The average molecular weight is 333 g/mol. The van der Waals surface area contributed by atoms with E-state index in [1.807, 2.05) is 0 Å². The van der Waals surface area contributed by atoms with E-state index in [2.05, 4.69) is 5.32 Å². The summed E-state index contributed by atoms with van der Waals surface area (Å²) in [5.41, 5.74) is 0.380. The smallest absolute Gasteiger partial charge is 0.323 e. The lowest BCUT2D eigenvalue weighted by molar-refractivity contribution is -0.138. The van der Waals surface area contributed by atoms with Crippen LogP contribution in [0.1, 0.15) is 26.3 Å². The quantitative estimate of drug-likeness (QED) is 0.878. The summed E-state index contributed by atoms with van der Waals surface area (Å²) in [5, 5.41) is 12.2. The molecule has 21 heavy (non-hydrogen) atoms. The second-order valence-corrected chi connectivity index (χ2v) is 6.42. The van der Waals surface area contributed by atoms with Gasteiger partial charge in [0.2, 0.25) is 0 Å². The molecule has 1 aromatic rings. The molecule has 1 aromatic carbocycles. The van der Waals surface area contributed by atoms with E-state index in [9.17, 15) is 9.59 Å². The van der Waals surface area contributed by atoms with E-state index in [-0.39, 0.29) is 5.69 Å². The van der Waals surface area contributed by atoms with Gasteiger partial charge in [-0.25, -0.2) is 4.79 Å². The summed E-state index contributed by atoms with van der Waals surface area (Å²) in [4.78, 5) is 24.5. The van der Waals surface area contributed by atoms with Crippen LogP contribution in [0.4, 0.5) is 10.5 Å². The first-order valence-electron chi connectivity index (χ1n) is 6.29. The minimum atomic E-state index is -1.10. The fourth-order valence-corrected chi connectivity index (χ4v) is 2.16. The van der Waals surface area contributed by atoms with Crippen molar-refractivity contribution in [3.05, 3.63) is 27.7 Å². The van der Waals surface area contributed by atoms with Crippen molar-refractivity contribution in [2.75, 3.05) is 11.9 Å². The largest absolute Gasteiger partial charge is 0.480 e. The van der Waals surface area contributed by atoms with Crippen LogP contribution < -0.4 is 5.32 Å². The van der Waals surface area contributed by atoms with Gasteiger partial charge in [0.1, 0.15) is 6.54 Å². The zero-order valence-corrected chi connectivity index (χ0v) is 13.8. The van der Waals surface area contributed by atoms with E-state index in [4.69, 9.17) is 28.3 Å². The number of carbonyl (C=O) groups excluding carboxylic acids is 1. The number of aryl methyl sites for hydroxylation is 1. The van der Waals surface area contributed by atoms with Crippen molar-refractivity contribution < 1.29 is 14.7 Å². The van der Waals surface area contributed by atoms with Crippen LogP contribution in [0.2, 0.25) is 10.0 Å². The predicted octanol–water partition coefficient (Wildman–Crippen LogP) is 4.02. The predicted molar refractivity (Wildman–Crippen MR) is 84.3 cm³/mol. The van der Waals surface area contributed by atoms with Gasteiger partial charge in [-0.3, -0.25) is 4.79 Å². The Morgan fingerprint density at radius 3 is 2.33 bits per heavy atom. The number of amides is 2. The Morgan fingerprint density at radius 2 is 1.86 bits per heavy atom. The van der Waals surface area contributed by atoms with Crippen molar-refractivity contribution in [1.29, 1.82) is 0 Å². The SMILES string of the molecule is Cc1ccc(Cl)c(NC(=O)N(CC(=O)O)C(C)(C)C)c1Cl. The van der Waals surface area contributed by atoms with E-state index in [1.54, 1.807) is 39.8 Å². The van der Waals surface area contributed by atoms with E-state index >= 15 is 0 Å². The maximum atomic E-state index is 12.3. The highest BCUT2D eigenvalue weighted by Gasteiger charge is 2.29. The molecule has 2 N–H and O–H groups in total. The van der Waals surface area contributed by atoms with Gasteiger partial charge in [-0.05, 0) is 39.3 Å². The van der Waals surface area contributed by atoms with Crippen LogP contribution in [0.15, 0.2) is 12.1 Å². The van der Waals surface area contributed by atoms with E-state index in [0.29, 0.717) is 10.0 Å². The number of nitrogens with one attached hydrogen (secondary N) is 1. The van der Waals surface area contributed by atoms with Crippen LogP contribution in [0.5, 0.6) is 0 Å². The number of hydrogen-bond acceptors (Lipinski definition) is 2. The molecule has 0 aliphatic rings. The second kappa shape index (κ2) is 6.54. The fraction of sp³-hybridized carbons (Fsp3) is 0.429. The van der Waals surface area contributed by atoms with E-state index < -0.39 is 24.1 Å². The second-order valence-electron chi connectivity index (χ2n) is 5.63. The molecule has 1 rings (SSSR count). The highest BCUT2D eigenvalue weighted by molar-refractivity contribution is 6.40. The zero-order chi connectivity index (χ0) is 16.4. The molecule has 0 bridgehead atoms. The molecule has 0 aliphatic heterocycles. The van der Waals surface area contributed by atoms with Crippen LogP contribution in [0.25, 0.3) is 0 Å². The van der Waals surface area contributed by atoms with Gasteiger partial charge in [-0.1, -0.05) is 29.3 Å². The van der Waals surface area contributed by atoms with Gasteiger partial charge in [0.05, 0.1) is 15.7 Å². The first-order chi connectivity index (χ1) is 9.54. The Kier molecular flexibility index (Phi) is 5.48. The number of hydrogen-bond donors (Lipinski definition) is 2. The monoisotopic (exact) mass is 332 g/mol. The molecule has 0 saturated carbocycles. The molecule has 0 atom stereocenters. The number of halogens is 2. The number of rotatable bonds is 3. The number of urea groups is 1. The van der Waals surface area contributed by atoms with Gasteiger partial charge >= 0.3 is 12.0 Å². The average Bonchev–Trinajstić information content (AvgIpc) is 2.34. The Bertz CT molecular complexity index is 568. The molecule has 0 unspecified atom stereocenters. The maximum Gasteiger partial charge on any atom is 0.323 e. The molecular formula is C14H18Cl2N2O3. The summed E-state index contributed by atoms with van der Waals surface area (Å²) in [6.07, 6.45) is 0. The fourth-order valence-electron chi connectivity index (χ4n) is 1.69. The third-order valence-corrected chi connectivity index (χ3v) is 3.67. The molecule has 116 valence electrons. The molecule has 2 amide bonds. The summed E-state index contributed by atoms with van der Waals surface area (Å²) >= 11 is 12.2. The Balaban J connectivity index is 3.08. The molecular weight excluding hydrogens is 315 g/mol. The van der Waals surface area contributed by atoms with Gasteiger partial charge in [-0.2, -0.15) is 0 Å². The third-order valence-electron chi connectivity index (χ3n) is 2.86. The van der Waals surface area contributed by atoms with E-state index in [1.165, 1.54) is 4.90 Å². The lowest BCUT2D eigenvalue weighted by Gasteiger charge is -2.34. The van der Waals surface area contributed by atoms with Crippen molar-refractivity contribution in [3.63, 3.8) is 0 Å². The van der Waals surface area contributed by atoms with Crippen molar-refractivity contribution in [2.24, 2.45) is 0 Å². The molecule has 0 fully saturated rings. The number of carboxylic acids is 1. The van der Waals surface area contributed by atoms with Gasteiger partial charge in [-0.15, -0.1) is 0 Å². The number of carboxylic acid groups (broad SMARTS) is 1. The van der Waals surface area contributed by atoms with Crippen molar-refractivity contribution in [1.82, 2.24) is 4.90 Å². The third kappa shape index (κ3) is 4.51. The van der Waals surface area contributed by atoms with Crippen LogP contribution in [-0.2, 0) is 4.79 Å². The van der Waals surface area contributed by atoms with Gasteiger partial charge in [0.25, 0.3) is 0 Å². The van der Waals surface area contributed by atoms with Crippen LogP contribution >= 0.6 is 23.2 Å². The van der Waals surface area contributed by atoms with Crippen LogP contribution in [-0.4, -0.2) is 34.1 Å². The topological polar surface area (TPSA) is 69.6 Å². The summed E-state index contributed by atoms with van der Waals surface area (Å²) in [7, 11) is 0. The minimum absolute atomic E-state index is 0.281. The number of benzene rings is 1. The van der Waals surface area contributed by atoms with Crippen LogP contribution in [0.3, 0.4) is 0 Å². The first-order valence-corrected chi connectivity index (χ1v) is 7.04. The zero-order valence-electron chi connectivity index (χ0n) is 12.3. The minimum Gasteiger partial charge on any atom is -0.480 e.